The van der Waals surface area contributed by atoms with Gasteiger partial charge >= 0.3 is 0 Å². The van der Waals surface area contributed by atoms with E-state index < -0.39 is 0 Å². The van der Waals surface area contributed by atoms with Gasteiger partial charge in [0.25, 0.3) is 5.91 Å². The Hall–Kier alpha value is -3.02. The van der Waals surface area contributed by atoms with Crippen LogP contribution in [0.4, 0.5) is 11.4 Å². The molecule has 1 aliphatic heterocycles. The van der Waals surface area contributed by atoms with Gasteiger partial charge in [-0.2, -0.15) is 0 Å². The van der Waals surface area contributed by atoms with Crippen LogP contribution >= 0.6 is 0 Å². The second-order valence-corrected chi connectivity index (χ2v) is 5.35. The maximum Gasteiger partial charge on any atom is 0.262 e. The van der Waals surface area contributed by atoms with E-state index in [1.165, 1.54) is 0 Å². The molecule has 0 fully saturated rings. The maximum absolute atomic E-state index is 12.2. The van der Waals surface area contributed by atoms with Crippen molar-refractivity contribution < 1.29 is 19.1 Å². The molecule has 6 heteroatoms. The third-order valence-corrected chi connectivity index (χ3v) is 3.50. The van der Waals surface area contributed by atoms with E-state index in [9.17, 15) is 9.59 Å². The number of carbonyl (C=O) groups excluding carboxylic acids is 2. The normalized spacial score (nSPS) is 12.6. The summed E-state index contributed by atoms with van der Waals surface area (Å²) in [5.41, 5.74) is 2.06. The molecule has 0 atom stereocenters. The zero-order valence-corrected chi connectivity index (χ0v) is 13.3. The van der Waals surface area contributed by atoms with E-state index >= 15 is 0 Å². The van der Waals surface area contributed by atoms with Crippen molar-refractivity contribution in [3.05, 3.63) is 48.0 Å². The van der Waals surface area contributed by atoms with Crippen molar-refractivity contribution in [2.24, 2.45) is 0 Å². The van der Waals surface area contributed by atoms with Gasteiger partial charge in [0.1, 0.15) is 11.5 Å². The lowest BCUT2D eigenvalue weighted by molar-refractivity contribution is -0.118. The van der Waals surface area contributed by atoms with Crippen molar-refractivity contribution in [3.63, 3.8) is 0 Å². The summed E-state index contributed by atoms with van der Waals surface area (Å²) in [4.78, 5) is 23.5. The summed E-state index contributed by atoms with van der Waals surface area (Å²) in [6.07, 6.45) is 0.256. The van der Waals surface area contributed by atoms with Gasteiger partial charge in [-0.15, -0.1) is 0 Å². The SMILES string of the molecule is CCOc1ccc(CC(=O)Nc2ccc3c(c2)NC(=O)CO3)cc1. The molecular weight excluding hydrogens is 308 g/mol. The van der Waals surface area contributed by atoms with Crippen LogP contribution in [0.1, 0.15) is 12.5 Å². The summed E-state index contributed by atoms with van der Waals surface area (Å²) in [6.45, 7) is 2.54. The smallest absolute Gasteiger partial charge is 0.262 e. The highest BCUT2D eigenvalue weighted by Crippen LogP contribution is 2.30. The Morgan fingerprint density at radius 3 is 2.79 bits per heavy atom. The molecule has 0 radical (unpaired) electrons. The van der Waals surface area contributed by atoms with Gasteiger partial charge in [0.2, 0.25) is 5.91 Å². The molecule has 0 unspecified atom stereocenters. The van der Waals surface area contributed by atoms with Crippen molar-refractivity contribution in [2.75, 3.05) is 23.8 Å². The van der Waals surface area contributed by atoms with Gasteiger partial charge in [-0.25, -0.2) is 0 Å². The second kappa shape index (κ2) is 7.04. The minimum atomic E-state index is -0.208. The monoisotopic (exact) mass is 326 g/mol. The van der Waals surface area contributed by atoms with Crippen LogP contribution in [-0.4, -0.2) is 25.0 Å². The Morgan fingerprint density at radius 2 is 2.04 bits per heavy atom. The molecule has 3 rings (SSSR count). The zero-order chi connectivity index (χ0) is 16.9. The predicted molar refractivity (Wildman–Crippen MR) is 90.5 cm³/mol. The molecule has 2 aromatic carbocycles. The molecule has 0 bridgehead atoms. The molecule has 0 aliphatic carbocycles. The lowest BCUT2D eigenvalue weighted by Crippen LogP contribution is -2.25. The fourth-order valence-corrected chi connectivity index (χ4v) is 2.42. The topological polar surface area (TPSA) is 76.7 Å². The van der Waals surface area contributed by atoms with Crippen LogP contribution in [0.5, 0.6) is 11.5 Å². The number of carbonyl (C=O) groups is 2. The molecule has 2 aromatic rings. The Kier molecular flexibility index (Phi) is 4.65. The summed E-state index contributed by atoms with van der Waals surface area (Å²) in [5.74, 6) is 1.04. The van der Waals surface area contributed by atoms with E-state index in [1.807, 2.05) is 31.2 Å². The Morgan fingerprint density at radius 1 is 1.25 bits per heavy atom. The van der Waals surface area contributed by atoms with E-state index in [1.54, 1.807) is 18.2 Å². The molecule has 1 aliphatic rings. The number of hydrogen-bond donors (Lipinski definition) is 2. The lowest BCUT2D eigenvalue weighted by atomic mass is 10.1. The number of amides is 2. The van der Waals surface area contributed by atoms with Crippen LogP contribution in [0.15, 0.2) is 42.5 Å². The number of anilines is 2. The second-order valence-electron chi connectivity index (χ2n) is 5.35. The number of nitrogens with one attached hydrogen (secondary N) is 2. The molecule has 0 spiro atoms. The standard InChI is InChI=1S/C18H18N2O4/c1-2-23-14-6-3-12(4-7-14)9-17(21)19-13-5-8-16-15(10-13)20-18(22)11-24-16/h3-8,10H,2,9,11H2,1H3,(H,19,21)(H,20,22). The highest BCUT2D eigenvalue weighted by atomic mass is 16.5. The molecule has 0 saturated heterocycles. The number of ether oxygens (including phenoxy) is 2. The summed E-state index contributed by atoms with van der Waals surface area (Å²) in [5, 5.41) is 5.53. The largest absolute Gasteiger partial charge is 0.494 e. The van der Waals surface area contributed by atoms with E-state index in [-0.39, 0.29) is 24.8 Å². The Balaban J connectivity index is 1.62. The first kappa shape index (κ1) is 15.9. The van der Waals surface area contributed by atoms with Crippen LogP contribution in [0.2, 0.25) is 0 Å². The average molecular weight is 326 g/mol. The fourth-order valence-electron chi connectivity index (χ4n) is 2.42. The molecule has 2 N–H and O–H groups in total. The van der Waals surface area contributed by atoms with Gasteiger partial charge < -0.3 is 20.1 Å². The third kappa shape index (κ3) is 3.84. The Labute approximate surface area is 139 Å². The zero-order valence-electron chi connectivity index (χ0n) is 13.3. The lowest BCUT2D eigenvalue weighted by Gasteiger charge is -2.18. The first-order chi connectivity index (χ1) is 11.6. The highest BCUT2D eigenvalue weighted by Gasteiger charge is 2.16. The van der Waals surface area contributed by atoms with Gasteiger partial charge in [-0.1, -0.05) is 12.1 Å². The predicted octanol–water partition coefficient (Wildman–Crippen LogP) is 2.60. The van der Waals surface area contributed by atoms with Crippen LogP contribution in [-0.2, 0) is 16.0 Å². The minimum absolute atomic E-state index is 0.0104. The van der Waals surface area contributed by atoms with Crippen molar-refractivity contribution in [1.29, 1.82) is 0 Å². The van der Waals surface area contributed by atoms with Crippen LogP contribution in [0.25, 0.3) is 0 Å². The van der Waals surface area contributed by atoms with Gasteiger partial charge in [0.05, 0.1) is 18.7 Å². The summed E-state index contributed by atoms with van der Waals surface area (Å²) in [7, 11) is 0. The summed E-state index contributed by atoms with van der Waals surface area (Å²) in [6, 6.07) is 12.6. The summed E-state index contributed by atoms with van der Waals surface area (Å²) >= 11 is 0. The third-order valence-electron chi connectivity index (χ3n) is 3.50. The molecule has 1 heterocycles. The van der Waals surface area contributed by atoms with Crippen molar-refractivity contribution in [1.82, 2.24) is 0 Å². The molecule has 6 nitrogen and oxygen atoms in total. The van der Waals surface area contributed by atoms with Crippen LogP contribution in [0.3, 0.4) is 0 Å². The van der Waals surface area contributed by atoms with E-state index in [0.29, 0.717) is 23.7 Å². The van der Waals surface area contributed by atoms with E-state index in [0.717, 1.165) is 11.3 Å². The quantitative estimate of drug-likeness (QED) is 0.885. The van der Waals surface area contributed by atoms with Gasteiger partial charge in [0, 0.05) is 5.69 Å². The first-order valence-electron chi connectivity index (χ1n) is 7.72. The van der Waals surface area contributed by atoms with Crippen molar-refractivity contribution in [3.8, 4) is 11.5 Å². The number of hydrogen-bond acceptors (Lipinski definition) is 4. The van der Waals surface area contributed by atoms with Gasteiger partial charge in [0.15, 0.2) is 6.61 Å². The maximum atomic E-state index is 12.2. The van der Waals surface area contributed by atoms with Gasteiger partial charge in [-0.3, -0.25) is 9.59 Å². The molecule has 24 heavy (non-hydrogen) atoms. The molecule has 0 saturated carbocycles. The molecule has 2 amide bonds. The van der Waals surface area contributed by atoms with Crippen LogP contribution < -0.4 is 20.1 Å². The molecular formula is C18H18N2O4. The van der Waals surface area contributed by atoms with E-state index in [4.69, 9.17) is 9.47 Å². The Bertz CT molecular complexity index is 756. The fraction of sp³-hybridized carbons (Fsp3) is 0.222. The first-order valence-corrected chi connectivity index (χ1v) is 7.72. The molecule has 124 valence electrons. The van der Waals surface area contributed by atoms with Crippen molar-refractivity contribution in [2.45, 2.75) is 13.3 Å². The minimum Gasteiger partial charge on any atom is -0.494 e. The van der Waals surface area contributed by atoms with Gasteiger partial charge in [-0.05, 0) is 42.8 Å². The number of fused-ring (bicyclic) bond motifs is 1. The van der Waals surface area contributed by atoms with Crippen LogP contribution in [0, 0.1) is 0 Å². The molecule has 0 aromatic heterocycles. The number of rotatable bonds is 5. The van der Waals surface area contributed by atoms with E-state index in [2.05, 4.69) is 10.6 Å². The average Bonchev–Trinajstić information content (AvgIpc) is 2.56. The van der Waals surface area contributed by atoms with Crippen molar-refractivity contribution >= 4 is 23.2 Å². The number of benzene rings is 2. The summed E-state index contributed by atoms with van der Waals surface area (Å²) < 4.78 is 10.7. The highest BCUT2D eigenvalue weighted by molar-refractivity contribution is 5.98.